The van der Waals surface area contributed by atoms with Crippen LogP contribution in [-0.4, -0.2) is 4.57 Å². The predicted molar refractivity (Wildman–Crippen MR) is 247 cm³/mol. The van der Waals surface area contributed by atoms with Crippen molar-refractivity contribution in [3.63, 3.8) is 0 Å². The third-order valence-corrected chi connectivity index (χ3v) is 11.6. The van der Waals surface area contributed by atoms with E-state index < -0.39 is 0 Å². The summed E-state index contributed by atoms with van der Waals surface area (Å²) in [6, 6.07) is 83.7. The Morgan fingerprint density at radius 3 is 1.60 bits per heavy atom. The van der Waals surface area contributed by atoms with E-state index in [1.165, 1.54) is 71.2 Å². The zero-order valence-corrected chi connectivity index (χ0v) is 31.8. The highest BCUT2D eigenvalue weighted by atomic mass is 15.1. The molecule has 0 radical (unpaired) electrons. The summed E-state index contributed by atoms with van der Waals surface area (Å²) in [7, 11) is 0. The van der Waals surface area contributed by atoms with E-state index in [0.29, 0.717) is 0 Å². The molecule has 0 aliphatic rings. The molecule has 0 bridgehead atoms. The Labute approximate surface area is 338 Å². The number of nitrogens with zero attached hydrogens (tertiary/aromatic N) is 2. The number of benzene rings is 10. The predicted octanol–water partition coefficient (Wildman–Crippen LogP) is 15.6. The standard InChI is InChI=1S/C56H38N2/c1-2-17-40(18-3-1)46-20-8-12-26-52(46)57(56-37-36-45(48-22-6-7-23-49(48)56)43-31-30-39-16-4-5-19-42(39)38-43)44-34-32-41(33-35-44)47-21-9-13-27-53(47)58-54-28-14-10-24-50(54)51-25-11-15-29-55(51)58/h1-38H. The summed E-state index contributed by atoms with van der Waals surface area (Å²) < 4.78 is 2.42. The van der Waals surface area contributed by atoms with Crippen LogP contribution in [0.2, 0.25) is 0 Å². The molecule has 58 heavy (non-hydrogen) atoms. The van der Waals surface area contributed by atoms with Crippen molar-refractivity contribution in [2.45, 2.75) is 0 Å². The van der Waals surface area contributed by atoms with Crippen LogP contribution in [0.3, 0.4) is 0 Å². The first-order valence-electron chi connectivity index (χ1n) is 19.9. The van der Waals surface area contributed by atoms with Gasteiger partial charge in [-0.15, -0.1) is 0 Å². The number of rotatable bonds is 7. The van der Waals surface area contributed by atoms with Gasteiger partial charge < -0.3 is 9.47 Å². The van der Waals surface area contributed by atoms with Gasteiger partial charge in [0.1, 0.15) is 0 Å². The minimum atomic E-state index is 1.09. The number of fused-ring (bicyclic) bond motifs is 5. The number of para-hydroxylation sites is 4. The SMILES string of the molecule is c1ccc(-c2ccccc2N(c2ccc(-c3ccccc3-n3c4ccccc4c4ccccc43)cc2)c2ccc(-c3ccc4ccccc4c3)c3ccccc23)cc1. The zero-order valence-electron chi connectivity index (χ0n) is 31.8. The largest absolute Gasteiger partial charge is 0.309 e. The fraction of sp³-hybridized carbons (Fsp3) is 0. The Morgan fingerprint density at radius 1 is 0.293 bits per heavy atom. The molecule has 10 aromatic carbocycles. The maximum absolute atomic E-state index is 2.44. The van der Waals surface area contributed by atoms with Crippen molar-refractivity contribution in [2.24, 2.45) is 0 Å². The van der Waals surface area contributed by atoms with Crippen molar-refractivity contribution >= 4 is 60.4 Å². The summed E-state index contributed by atoms with van der Waals surface area (Å²) in [6.07, 6.45) is 0. The van der Waals surface area contributed by atoms with Crippen LogP contribution in [-0.2, 0) is 0 Å². The fourth-order valence-electron chi connectivity index (χ4n) is 8.91. The third kappa shape index (κ3) is 5.66. The van der Waals surface area contributed by atoms with E-state index in [0.717, 1.165) is 28.3 Å². The van der Waals surface area contributed by atoms with Crippen molar-refractivity contribution in [1.29, 1.82) is 0 Å². The Hall–Kier alpha value is -7.68. The van der Waals surface area contributed by atoms with Gasteiger partial charge in [-0.3, -0.25) is 0 Å². The van der Waals surface area contributed by atoms with Crippen molar-refractivity contribution in [1.82, 2.24) is 4.57 Å². The first-order valence-corrected chi connectivity index (χ1v) is 19.9. The molecule has 0 unspecified atom stereocenters. The maximum atomic E-state index is 2.44. The van der Waals surface area contributed by atoms with Crippen LogP contribution in [0.25, 0.3) is 82.4 Å². The average molecular weight is 739 g/mol. The lowest BCUT2D eigenvalue weighted by molar-refractivity contribution is 1.18. The first kappa shape index (κ1) is 33.6. The highest BCUT2D eigenvalue weighted by molar-refractivity contribution is 6.10. The van der Waals surface area contributed by atoms with Crippen LogP contribution in [0.4, 0.5) is 17.1 Å². The molecule has 0 amide bonds. The molecule has 0 aliphatic carbocycles. The van der Waals surface area contributed by atoms with Gasteiger partial charge in [0, 0.05) is 33.0 Å². The molecule has 1 heterocycles. The Morgan fingerprint density at radius 2 is 0.845 bits per heavy atom. The molecule has 0 atom stereocenters. The van der Waals surface area contributed by atoms with Crippen molar-refractivity contribution in [2.75, 3.05) is 4.90 Å². The molecule has 1 aromatic heterocycles. The summed E-state index contributed by atoms with van der Waals surface area (Å²) in [5, 5.41) is 7.42. The molecular weight excluding hydrogens is 701 g/mol. The Kier molecular flexibility index (Phi) is 8.19. The lowest BCUT2D eigenvalue weighted by Crippen LogP contribution is -2.12. The average Bonchev–Trinajstić information content (AvgIpc) is 3.64. The van der Waals surface area contributed by atoms with Gasteiger partial charge in [-0.2, -0.15) is 0 Å². The van der Waals surface area contributed by atoms with Gasteiger partial charge in [-0.25, -0.2) is 0 Å². The smallest absolute Gasteiger partial charge is 0.0541 e. The quantitative estimate of drug-likeness (QED) is 0.158. The second kappa shape index (κ2) is 14.1. The highest BCUT2D eigenvalue weighted by Gasteiger charge is 2.21. The lowest BCUT2D eigenvalue weighted by atomic mass is 9.94. The molecule has 2 nitrogen and oxygen atoms in total. The van der Waals surface area contributed by atoms with E-state index in [1.807, 2.05) is 0 Å². The van der Waals surface area contributed by atoms with Crippen LogP contribution < -0.4 is 4.90 Å². The Balaban J connectivity index is 1.09. The van der Waals surface area contributed by atoms with Gasteiger partial charge in [0.15, 0.2) is 0 Å². The normalized spacial score (nSPS) is 11.4. The third-order valence-electron chi connectivity index (χ3n) is 11.6. The molecule has 0 aliphatic heterocycles. The van der Waals surface area contributed by atoms with E-state index in [1.54, 1.807) is 0 Å². The molecule has 2 heteroatoms. The number of aromatic nitrogens is 1. The van der Waals surface area contributed by atoms with Crippen LogP contribution in [0.1, 0.15) is 0 Å². The first-order chi connectivity index (χ1) is 28.8. The fourth-order valence-corrected chi connectivity index (χ4v) is 8.91. The van der Waals surface area contributed by atoms with Crippen LogP contribution in [0.5, 0.6) is 0 Å². The minimum Gasteiger partial charge on any atom is -0.309 e. The molecule has 11 aromatic rings. The van der Waals surface area contributed by atoms with Crippen molar-refractivity contribution < 1.29 is 0 Å². The summed E-state index contributed by atoms with van der Waals surface area (Å²) in [5.74, 6) is 0. The molecule has 0 saturated heterocycles. The van der Waals surface area contributed by atoms with Gasteiger partial charge in [0.05, 0.1) is 28.1 Å². The van der Waals surface area contributed by atoms with Gasteiger partial charge >= 0.3 is 0 Å². The number of anilines is 3. The molecule has 0 fully saturated rings. The summed E-state index contributed by atoms with van der Waals surface area (Å²) in [6.45, 7) is 0. The van der Waals surface area contributed by atoms with Gasteiger partial charge in [0.2, 0.25) is 0 Å². The van der Waals surface area contributed by atoms with Crippen LogP contribution >= 0.6 is 0 Å². The molecule has 11 rings (SSSR count). The molecule has 0 spiro atoms. The maximum Gasteiger partial charge on any atom is 0.0541 e. The van der Waals surface area contributed by atoms with E-state index in [9.17, 15) is 0 Å². The summed E-state index contributed by atoms with van der Waals surface area (Å²) in [5.41, 5.74) is 14.0. The molecule has 0 saturated carbocycles. The number of hydrogen-bond acceptors (Lipinski definition) is 1. The second-order valence-corrected chi connectivity index (χ2v) is 14.9. The number of hydrogen-bond donors (Lipinski definition) is 0. The van der Waals surface area contributed by atoms with Crippen molar-refractivity contribution in [3.8, 4) is 39.1 Å². The zero-order chi connectivity index (χ0) is 38.4. The summed E-state index contributed by atoms with van der Waals surface area (Å²) >= 11 is 0. The lowest BCUT2D eigenvalue weighted by Gasteiger charge is -2.30. The second-order valence-electron chi connectivity index (χ2n) is 14.9. The minimum absolute atomic E-state index is 1.09. The van der Waals surface area contributed by atoms with Gasteiger partial charge in [0.25, 0.3) is 0 Å². The molecular formula is C56H38N2. The van der Waals surface area contributed by atoms with E-state index in [2.05, 4.69) is 240 Å². The van der Waals surface area contributed by atoms with Crippen LogP contribution in [0.15, 0.2) is 231 Å². The van der Waals surface area contributed by atoms with E-state index >= 15 is 0 Å². The molecule has 272 valence electrons. The topological polar surface area (TPSA) is 8.17 Å². The van der Waals surface area contributed by atoms with Crippen LogP contribution in [0, 0.1) is 0 Å². The summed E-state index contributed by atoms with van der Waals surface area (Å²) in [4.78, 5) is 2.44. The molecule has 0 N–H and O–H groups in total. The van der Waals surface area contributed by atoms with E-state index in [-0.39, 0.29) is 0 Å². The van der Waals surface area contributed by atoms with Gasteiger partial charge in [-0.1, -0.05) is 182 Å². The highest BCUT2D eigenvalue weighted by Crippen LogP contribution is 2.46. The van der Waals surface area contributed by atoms with Gasteiger partial charge in [-0.05, 0) is 86.9 Å². The van der Waals surface area contributed by atoms with E-state index in [4.69, 9.17) is 0 Å². The monoisotopic (exact) mass is 738 g/mol. The Bertz CT molecular complexity index is 3230. The van der Waals surface area contributed by atoms with Crippen molar-refractivity contribution in [3.05, 3.63) is 231 Å².